The van der Waals surface area contributed by atoms with Crippen molar-refractivity contribution in [3.63, 3.8) is 0 Å². The van der Waals surface area contributed by atoms with Crippen molar-refractivity contribution in [1.82, 2.24) is 4.90 Å². The molecule has 0 saturated carbocycles. The second-order valence-electron chi connectivity index (χ2n) is 5.84. The van der Waals surface area contributed by atoms with Crippen molar-refractivity contribution >= 4 is 52.2 Å². The fraction of sp³-hybridized carbons (Fsp3) is 0.0952. The summed E-state index contributed by atoms with van der Waals surface area (Å²) in [6, 6.07) is 12.3. The number of ether oxygens (including phenoxy) is 1. The van der Waals surface area contributed by atoms with Gasteiger partial charge in [-0.15, -0.1) is 6.42 Å². The Morgan fingerprint density at radius 1 is 1.21 bits per heavy atom. The average Bonchev–Trinajstić information content (AvgIpc) is 2.95. The fourth-order valence-corrected chi connectivity index (χ4v) is 4.04. The minimum Gasteiger partial charge on any atom is -0.486 e. The van der Waals surface area contributed by atoms with Gasteiger partial charge in [0.1, 0.15) is 6.61 Å². The van der Waals surface area contributed by atoms with Gasteiger partial charge in [-0.2, -0.15) is 5.26 Å². The van der Waals surface area contributed by atoms with Gasteiger partial charge >= 0.3 is 0 Å². The largest absolute Gasteiger partial charge is 0.486 e. The molecule has 0 radical (unpaired) electrons. The van der Waals surface area contributed by atoms with Crippen LogP contribution in [0.3, 0.4) is 0 Å². The molecule has 8 heteroatoms. The Labute approximate surface area is 181 Å². The van der Waals surface area contributed by atoms with Gasteiger partial charge in [0.15, 0.2) is 5.75 Å². The summed E-state index contributed by atoms with van der Waals surface area (Å²) in [6.07, 6.45) is 6.71. The summed E-state index contributed by atoms with van der Waals surface area (Å²) in [4.78, 5) is 25.4. The summed E-state index contributed by atoms with van der Waals surface area (Å²) in [5.74, 6) is 2.08. The summed E-state index contributed by atoms with van der Waals surface area (Å²) in [5, 5.41) is 9.21. The number of hydrogen-bond donors (Lipinski definition) is 0. The molecule has 5 nitrogen and oxygen atoms in total. The van der Waals surface area contributed by atoms with E-state index in [-0.39, 0.29) is 33.9 Å². The predicted octanol–water partition coefficient (Wildman–Crippen LogP) is 5.11. The van der Waals surface area contributed by atoms with Gasteiger partial charge in [-0.25, -0.2) is 0 Å². The lowest BCUT2D eigenvalue weighted by molar-refractivity contribution is -0.122. The first-order valence-corrected chi connectivity index (χ1v) is 9.80. The zero-order valence-electron chi connectivity index (χ0n) is 14.8. The van der Waals surface area contributed by atoms with E-state index in [2.05, 4.69) is 12.0 Å². The highest BCUT2D eigenvalue weighted by Crippen LogP contribution is 2.37. The van der Waals surface area contributed by atoms with Crippen molar-refractivity contribution in [1.29, 1.82) is 5.26 Å². The first-order chi connectivity index (χ1) is 13.9. The zero-order chi connectivity index (χ0) is 21.0. The van der Waals surface area contributed by atoms with Crippen molar-refractivity contribution in [2.45, 2.75) is 6.61 Å². The Balaban J connectivity index is 1.81. The van der Waals surface area contributed by atoms with Crippen molar-refractivity contribution in [3.05, 3.63) is 68.0 Å². The van der Waals surface area contributed by atoms with Crippen LogP contribution in [0, 0.1) is 23.7 Å². The topological polar surface area (TPSA) is 70.4 Å². The smallest absolute Gasteiger partial charge is 0.294 e. The quantitative estimate of drug-likeness (QED) is 0.474. The van der Waals surface area contributed by atoms with Crippen LogP contribution >= 0.6 is 35.0 Å². The Kier molecular flexibility index (Phi) is 6.51. The first kappa shape index (κ1) is 20.8. The molecule has 3 rings (SSSR count). The molecule has 1 aliphatic rings. The van der Waals surface area contributed by atoms with Crippen molar-refractivity contribution in [2.24, 2.45) is 0 Å². The van der Waals surface area contributed by atoms with Crippen LogP contribution in [0.25, 0.3) is 6.08 Å². The highest BCUT2D eigenvalue weighted by atomic mass is 35.5. The number of imide groups is 1. The molecule has 144 valence electrons. The number of rotatable bonds is 5. The summed E-state index contributed by atoms with van der Waals surface area (Å²) in [5.41, 5.74) is 1.74. The summed E-state index contributed by atoms with van der Waals surface area (Å²) in [7, 11) is 0. The van der Waals surface area contributed by atoms with Crippen molar-refractivity contribution in [2.75, 3.05) is 6.54 Å². The number of terminal acetylenes is 1. The van der Waals surface area contributed by atoms with Gasteiger partial charge in [0.05, 0.1) is 33.1 Å². The molecule has 0 bridgehead atoms. The Hall–Kier alpha value is -2.90. The van der Waals surface area contributed by atoms with Crippen molar-refractivity contribution in [3.8, 4) is 24.2 Å². The van der Waals surface area contributed by atoms with Gasteiger partial charge in [0.2, 0.25) is 0 Å². The lowest BCUT2D eigenvalue weighted by atomic mass is 10.1. The molecule has 1 aliphatic heterocycles. The molecule has 0 atom stereocenters. The van der Waals surface area contributed by atoms with E-state index in [9.17, 15) is 9.59 Å². The Bertz CT molecular complexity index is 1090. The molecule has 0 N–H and O–H groups in total. The van der Waals surface area contributed by atoms with Crippen LogP contribution in [0.2, 0.25) is 10.0 Å². The Morgan fingerprint density at radius 2 is 1.90 bits per heavy atom. The van der Waals surface area contributed by atoms with E-state index in [1.54, 1.807) is 36.4 Å². The van der Waals surface area contributed by atoms with Crippen LogP contribution < -0.4 is 4.74 Å². The lowest BCUT2D eigenvalue weighted by Gasteiger charge is -2.12. The molecule has 29 heavy (non-hydrogen) atoms. The predicted molar refractivity (Wildman–Crippen MR) is 113 cm³/mol. The maximum Gasteiger partial charge on any atom is 0.294 e. The third-order valence-electron chi connectivity index (χ3n) is 3.95. The molecule has 0 aliphatic carbocycles. The standard InChI is InChI=1S/C21H12Cl2N2O3S/c1-2-7-25-20(26)18(29-21(25)27)10-13-8-16(22)19(17(23)9-13)28-12-15-6-4-3-5-14(15)11-24/h1,3-6,8-10H,7,12H2/b18-10+. The molecular weight excluding hydrogens is 431 g/mol. The number of halogens is 2. The summed E-state index contributed by atoms with van der Waals surface area (Å²) >= 11 is 13.4. The number of thioether (sulfide) groups is 1. The third kappa shape index (κ3) is 4.58. The molecule has 2 aromatic carbocycles. The van der Waals surface area contributed by atoms with Gasteiger partial charge in [-0.1, -0.05) is 47.3 Å². The monoisotopic (exact) mass is 442 g/mol. The average molecular weight is 443 g/mol. The molecule has 0 unspecified atom stereocenters. The highest BCUT2D eigenvalue weighted by molar-refractivity contribution is 8.18. The third-order valence-corrected chi connectivity index (χ3v) is 5.42. The van der Waals surface area contributed by atoms with E-state index in [1.165, 1.54) is 6.08 Å². The number of carbonyl (C=O) groups is 2. The molecule has 0 aromatic heterocycles. The van der Waals surface area contributed by atoms with Gasteiger partial charge in [-0.05, 0) is 41.6 Å². The first-order valence-electron chi connectivity index (χ1n) is 8.23. The van der Waals surface area contributed by atoms with E-state index in [0.717, 1.165) is 16.7 Å². The highest BCUT2D eigenvalue weighted by Gasteiger charge is 2.34. The number of nitriles is 1. The van der Waals surface area contributed by atoms with Crippen molar-refractivity contribution < 1.29 is 14.3 Å². The normalized spacial score (nSPS) is 14.8. The van der Waals surface area contributed by atoms with E-state index in [4.69, 9.17) is 39.6 Å². The number of amides is 2. The zero-order valence-corrected chi connectivity index (χ0v) is 17.1. The van der Waals surface area contributed by atoms with Crippen LogP contribution in [-0.4, -0.2) is 22.6 Å². The minimum absolute atomic E-state index is 0.0829. The van der Waals surface area contributed by atoms with E-state index >= 15 is 0 Å². The van der Waals surface area contributed by atoms with Gasteiger partial charge in [0.25, 0.3) is 11.1 Å². The van der Waals surface area contributed by atoms with Crippen LogP contribution in [0.4, 0.5) is 4.79 Å². The molecule has 1 fully saturated rings. The Morgan fingerprint density at radius 3 is 2.55 bits per heavy atom. The maximum absolute atomic E-state index is 12.3. The van der Waals surface area contributed by atoms with Crippen LogP contribution in [0.15, 0.2) is 41.3 Å². The minimum atomic E-state index is -0.460. The van der Waals surface area contributed by atoms with Crippen LogP contribution in [0.1, 0.15) is 16.7 Å². The van der Waals surface area contributed by atoms with Crippen LogP contribution in [0.5, 0.6) is 5.75 Å². The van der Waals surface area contributed by atoms with Gasteiger partial charge in [0, 0.05) is 5.56 Å². The second kappa shape index (κ2) is 9.07. The molecule has 1 saturated heterocycles. The molecular formula is C21H12Cl2N2O3S. The summed E-state index contributed by atoms with van der Waals surface area (Å²) in [6.45, 7) is 0.0357. The lowest BCUT2D eigenvalue weighted by Crippen LogP contribution is -2.28. The fourth-order valence-electron chi connectivity index (χ4n) is 2.58. The second-order valence-corrected chi connectivity index (χ2v) is 7.65. The summed E-state index contributed by atoms with van der Waals surface area (Å²) < 4.78 is 5.72. The molecule has 2 aromatic rings. The maximum atomic E-state index is 12.3. The van der Waals surface area contributed by atoms with Gasteiger partial charge < -0.3 is 4.74 Å². The number of hydrogen-bond acceptors (Lipinski definition) is 5. The molecule has 0 spiro atoms. The van der Waals surface area contributed by atoms with E-state index < -0.39 is 11.1 Å². The number of carbonyl (C=O) groups excluding carboxylic acids is 2. The number of benzene rings is 2. The molecule has 2 amide bonds. The van der Waals surface area contributed by atoms with E-state index in [0.29, 0.717) is 16.7 Å². The van der Waals surface area contributed by atoms with Gasteiger partial charge in [-0.3, -0.25) is 14.5 Å². The van der Waals surface area contributed by atoms with Crippen LogP contribution in [-0.2, 0) is 11.4 Å². The van der Waals surface area contributed by atoms with E-state index in [1.807, 2.05) is 0 Å². The SMILES string of the molecule is C#CCN1C(=O)S/C(=C/c2cc(Cl)c(OCc3ccccc3C#N)c(Cl)c2)C1=O. The molecule has 1 heterocycles. The number of nitrogens with zero attached hydrogens (tertiary/aromatic N) is 2.